The fourth-order valence-corrected chi connectivity index (χ4v) is 2.28. The Labute approximate surface area is 126 Å². The Morgan fingerprint density at radius 2 is 2.19 bits per heavy atom. The smallest absolute Gasteiger partial charge is 0.256 e. The second-order valence-corrected chi connectivity index (χ2v) is 5.67. The minimum Gasteiger partial charge on any atom is -0.478 e. The number of anilines is 1. The lowest BCUT2D eigenvalue weighted by Gasteiger charge is -2.27. The first-order valence-electron chi connectivity index (χ1n) is 7.48. The standard InChI is InChI=1S/C16H24N2O3/c1-5-10-21-14-9-8-13(11(2)17-14)18-15(19)16(3,20-4)12-6-7-12/h8-9,12H,5-7,10H2,1-4H3,(H,18,19)/t16-/m1/s1. The highest BCUT2D eigenvalue weighted by Crippen LogP contribution is 2.42. The van der Waals surface area contributed by atoms with E-state index < -0.39 is 5.60 Å². The molecule has 1 fully saturated rings. The van der Waals surface area contributed by atoms with Crippen molar-refractivity contribution in [3.63, 3.8) is 0 Å². The molecule has 0 bridgehead atoms. The molecule has 21 heavy (non-hydrogen) atoms. The molecular formula is C16H24N2O3. The maximum absolute atomic E-state index is 12.5. The summed E-state index contributed by atoms with van der Waals surface area (Å²) in [6.45, 7) is 6.39. The second-order valence-electron chi connectivity index (χ2n) is 5.67. The highest BCUT2D eigenvalue weighted by atomic mass is 16.5. The summed E-state index contributed by atoms with van der Waals surface area (Å²) in [6.07, 6.45) is 3.02. The van der Waals surface area contributed by atoms with Crippen LogP contribution in [0.1, 0.15) is 38.8 Å². The van der Waals surface area contributed by atoms with Gasteiger partial charge >= 0.3 is 0 Å². The van der Waals surface area contributed by atoms with Crippen molar-refractivity contribution in [3.8, 4) is 5.88 Å². The zero-order valence-corrected chi connectivity index (χ0v) is 13.2. The molecular weight excluding hydrogens is 268 g/mol. The molecule has 1 aliphatic rings. The monoisotopic (exact) mass is 292 g/mol. The molecule has 5 nitrogen and oxygen atoms in total. The number of hydrogen-bond donors (Lipinski definition) is 1. The van der Waals surface area contributed by atoms with Crippen LogP contribution in [0.4, 0.5) is 5.69 Å². The Morgan fingerprint density at radius 1 is 1.48 bits per heavy atom. The van der Waals surface area contributed by atoms with Crippen LogP contribution < -0.4 is 10.1 Å². The first-order chi connectivity index (χ1) is 10.0. The van der Waals surface area contributed by atoms with Crippen LogP contribution in [0.25, 0.3) is 0 Å². The van der Waals surface area contributed by atoms with Crippen molar-refractivity contribution in [2.45, 2.75) is 45.6 Å². The zero-order valence-electron chi connectivity index (χ0n) is 13.2. The van der Waals surface area contributed by atoms with E-state index in [2.05, 4.69) is 10.3 Å². The van der Waals surface area contributed by atoms with Gasteiger partial charge in [0.25, 0.3) is 5.91 Å². The minimum absolute atomic E-state index is 0.111. The van der Waals surface area contributed by atoms with E-state index in [-0.39, 0.29) is 5.91 Å². The van der Waals surface area contributed by atoms with Crippen molar-refractivity contribution >= 4 is 11.6 Å². The fraction of sp³-hybridized carbons (Fsp3) is 0.625. The van der Waals surface area contributed by atoms with Gasteiger partial charge in [0, 0.05) is 13.2 Å². The molecule has 0 spiro atoms. The van der Waals surface area contributed by atoms with Crippen LogP contribution in [0.15, 0.2) is 12.1 Å². The first-order valence-corrected chi connectivity index (χ1v) is 7.48. The highest BCUT2D eigenvalue weighted by Gasteiger charge is 2.47. The molecule has 1 heterocycles. The molecule has 1 N–H and O–H groups in total. The molecule has 0 aliphatic heterocycles. The van der Waals surface area contributed by atoms with Crippen molar-refractivity contribution in [1.82, 2.24) is 4.98 Å². The summed E-state index contributed by atoms with van der Waals surface area (Å²) < 4.78 is 10.9. The number of methoxy groups -OCH3 is 1. The number of amides is 1. The van der Waals surface area contributed by atoms with Gasteiger partial charge in [-0.1, -0.05) is 6.92 Å². The SMILES string of the molecule is CCCOc1ccc(NC(=O)[C@](C)(OC)C2CC2)c(C)n1. The van der Waals surface area contributed by atoms with Crippen LogP contribution in [-0.2, 0) is 9.53 Å². The molecule has 0 aromatic carbocycles. The van der Waals surface area contributed by atoms with Crippen LogP contribution in [0.3, 0.4) is 0 Å². The molecule has 1 atom stereocenters. The van der Waals surface area contributed by atoms with E-state index in [1.807, 2.05) is 26.8 Å². The first kappa shape index (κ1) is 15.8. The van der Waals surface area contributed by atoms with Gasteiger partial charge in [-0.05, 0) is 45.1 Å². The number of rotatable bonds is 7. The van der Waals surface area contributed by atoms with Crippen LogP contribution >= 0.6 is 0 Å². The molecule has 1 aromatic rings. The number of carbonyl (C=O) groups excluding carboxylic acids is 1. The fourth-order valence-electron chi connectivity index (χ4n) is 2.28. The lowest BCUT2D eigenvalue weighted by atomic mass is 9.99. The quantitative estimate of drug-likeness (QED) is 0.839. The molecule has 1 amide bonds. The molecule has 2 rings (SSSR count). The van der Waals surface area contributed by atoms with Crippen molar-refractivity contribution < 1.29 is 14.3 Å². The van der Waals surface area contributed by atoms with E-state index >= 15 is 0 Å². The number of pyridine rings is 1. The summed E-state index contributed by atoms with van der Waals surface area (Å²) >= 11 is 0. The second kappa shape index (κ2) is 6.43. The zero-order chi connectivity index (χ0) is 15.5. The van der Waals surface area contributed by atoms with E-state index in [1.54, 1.807) is 13.2 Å². The lowest BCUT2D eigenvalue weighted by molar-refractivity contribution is -0.138. The van der Waals surface area contributed by atoms with Crippen LogP contribution in [-0.4, -0.2) is 30.2 Å². The Kier molecular flexibility index (Phi) is 4.83. The van der Waals surface area contributed by atoms with Gasteiger partial charge < -0.3 is 14.8 Å². The number of carbonyl (C=O) groups is 1. The predicted molar refractivity (Wildman–Crippen MR) is 81.5 cm³/mol. The molecule has 1 saturated carbocycles. The van der Waals surface area contributed by atoms with E-state index in [0.717, 1.165) is 25.0 Å². The van der Waals surface area contributed by atoms with Gasteiger partial charge in [-0.2, -0.15) is 0 Å². The average molecular weight is 292 g/mol. The Balaban J connectivity index is 2.07. The normalized spacial score (nSPS) is 17.1. The maximum atomic E-state index is 12.5. The van der Waals surface area contributed by atoms with Gasteiger partial charge in [-0.25, -0.2) is 4.98 Å². The number of hydrogen-bond acceptors (Lipinski definition) is 4. The average Bonchev–Trinajstić information content (AvgIpc) is 3.31. The largest absolute Gasteiger partial charge is 0.478 e. The van der Waals surface area contributed by atoms with Crippen molar-refractivity contribution in [3.05, 3.63) is 17.8 Å². The topological polar surface area (TPSA) is 60.5 Å². The maximum Gasteiger partial charge on any atom is 0.256 e. The number of aryl methyl sites for hydroxylation is 1. The molecule has 0 unspecified atom stereocenters. The van der Waals surface area contributed by atoms with Gasteiger partial charge in [0.15, 0.2) is 0 Å². The summed E-state index contributed by atoms with van der Waals surface area (Å²) in [5.74, 6) is 0.784. The van der Waals surface area contributed by atoms with Gasteiger partial charge in [-0.3, -0.25) is 4.79 Å². The summed E-state index contributed by atoms with van der Waals surface area (Å²) in [6, 6.07) is 3.60. The van der Waals surface area contributed by atoms with Crippen molar-refractivity contribution in [1.29, 1.82) is 0 Å². The number of aromatic nitrogens is 1. The van der Waals surface area contributed by atoms with Gasteiger partial charge in [0.05, 0.1) is 18.0 Å². The van der Waals surface area contributed by atoms with Crippen LogP contribution in [0.5, 0.6) is 5.88 Å². The molecule has 1 aliphatic carbocycles. The molecule has 0 radical (unpaired) electrons. The van der Waals surface area contributed by atoms with E-state index in [9.17, 15) is 4.79 Å². The van der Waals surface area contributed by atoms with Crippen LogP contribution in [0, 0.1) is 12.8 Å². The van der Waals surface area contributed by atoms with Gasteiger partial charge in [0.1, 0.15) is 5.60 Å². The van der Waals surface area contributed by atoms with E-state index in [4.69, 9.17) is 9.47 Å². The minimum atomic E-state index is -0.760. The predicted octanol–water partition coefficient (Wildman–Crippen LogP) is 2.93. The molecule has 0 saturated heterocycles. The summed E-state index contributed by atoms with van der Waals surface area (Å²) in [5.41, 5.74) is 0.683. The Hall–Kier alpha value is -1.62. The van der Waals surface area contributed by atoms with Crippen molar-refractivity contribution in [2.75, 3.05) is 19.0 Å². The molecule has 1 aromatic heterocycles. The Morgan fingerprint density at radius 3 is 2.71 bits per heavy atom. The number of nitrogens with one attached hydrogen (secondary N) is 1. The third-order valence-electron chi connectivity index (χ3n) is 3.99. The summed E-state index contributed by atoms with van der Waals surface area (Å²) in [5, 5.41) is 2.92. The number of ether oxygens (including phenoxy) is 2. The lowest BCUT2D eigenvalue weighted by Crippen LogP contribution is -2.44. The highest BCUT2D eigenvalue weighted by molar-refractivity contribution is 5.98. The van der Waals surface area contributed by atoms with Gasteiger partial charge in [-0.15, -0.1) is 0 Å². The van der Waals surface area contributed by atoms with E-state index in [1.165, 1.54) is 0 Å². The number of nitrogens with zero attached hydrogens (tertiary/aromatic N) is 1. The van der Waals surface area contributed by atoms with Crippen molar-refractivity contribution in [2.24, 2.45) is 5.92 Å². The van der Waals surface area contributed by atoms with Crippen LogP contribution in [0.2, 0.25) is 0 Å². The third kappa shape index (κ3) is 3.53. The molecule has 5 heteroatoms. The summed E-state index contributed by atoms with van der Waals surface area (Å²) in [7, 11) is 1.59. The summed E-state index contributed by atoms with van der Waals surface area (Å²) in [4.78, 5) is 16.8. The van der Waals surface area contributed by atoms with E-state index in [0.29, 0.717) is 24.1 Å². The van der Waals surface area contributed by atoms with Gasteiger partial charge in [0.2, 0.25) is 5.88 Å². The Bertz CT molecular complexity index is 514. The molecule has 116 valence electrons. The third-order valence-corrected chi connectivity index (χ3v) is 3.99.